The second-order valence-electron chi connectivity index (χ2n) is 5.82. The fourth-order valence-electron chi connectivity index (χ4n) is 3.23. The van der Waals surface area contributed by atoms with Crippen LogP contribution < -0.4 is 0 Å². The van der Waals surface area contributed by atoms with Crippen LogP contribution in [0, 0.1) is 6.92 Å². The van der Waals surface area contributed by atoms with E-state index >= 15 is 0 Å². The normalized spacial score (nSPS) is 20.4. The van der Waals surface area contributed by atoms with Gasteiger partial charge in [-0.2, -0.15) is 0 Å². The van der Waals surface area contributed by atoms with Crippen LogP contribution in [0.1, 0.15) is 29.4 Å². The average molecular weight is 320 g/mol. The molecular formula is C16H20N2O3S. The maximum Gasteiger partial charge on any atom is 0.270 e. The third-order valence-electron chi connectivity index (χ3n) is 4.43. The highest BCUT2D eigenvalue weighted by Gasteiger charge is 2.35. The summed E-state index contributed by atoms with van der Waals surface area (Å²) in [6.45, 7) is 4.32. The molecule has 6 heteroatoms. The number of rotatable bonds is 3. The summed E-state index contributed by atoms with van der Waals surface area (Å²) in [6, 6.07) is 7.57. The van der Waals surface area contributed by atoms with Gasteiger partial charge in [-0.1, -0.05) is 18.2 Å². The topological polar surface area (TPSA) is 70.2 Å². The van der Waals surface area contributed by atoms with Crippen LogP contribution in [0.3, 0.4) is 0 Å². The zero-order chi connectivity index (χ0) is 15.9. The molecule has 1 unspecified atom stereocenters. The zero-order valence-corrected chi connectivity index (χ0v) is 13.6. The van der Waals surface area contributed by atoms with Crippen LogP contribution in [0.4, 0.5) is 0 Å². The van der Waals surface area contributed by atoms with E-state index in [1.165, 1.54) is 0 Å². The van der Waals surface area contributed by atoms with E-state index in [1.807, 2.05) is 38.1 Å². The molecule has 0 saturated carbocycles. The second-order valence-corrected chi connectivity index (χ2v) is 8.05. The lowest BCUT2D eigenvalue weighted by Gasteiger charge is -2.26. The van der Waals surface area contributed by atoms with Crippen molar-refractivity contribution in [3.63, 3.8) is 0 Å². The quantitative estimate of drug-likeness (QED) is 0.942. The van der Waals surface area contributed by atoms with Crippen LogP contribution in [0.25, 0.3) is 10.9 Å². The summed E-state index contributed by atoms with van der Waals surface area (Å²) in [5.74, 6) is 0.136. The molecule has 1 aliphatic heterocycles. The van der Waals surface area contributed by atoms with Crippen molar-refractivity contribution in [2.45, 2.75) is 26.3 Å². The second kappa shape index (κ2) is 5.43. The Morgan fingerprint density at radius 2 is 2.09 bits per heavy atom. The Labute approximate surface area is 130 Å². The van der Waals surface area contributed by atoms with Crippen LogP contribution in [0.15, 0.2) is 24.3 Å². The molecular weight excluding hydrogens is 300 g/mol. The SMILES string of the molecule is CCN(C(=O)c1[nH]c2ccccc2c1C)C1CCS(=O)(=O)C1. The maximum atomic E-state index is 12.9. The van der Waals surface area contributed by atoms with Crippen LogP contribution in [0.2, 0.25) is 0 Å². The molecule has 118 valence electrons. The number of aryl methyl sites for hydroxylation is 1. The Morgan fingerprint density at radius 3 is 2.68 bits per heavy atom. The molecule has 1 aromatic carbocycles. The van der Waals surface area contributed by atoms with Crippen molar-refractivity contribution in [2.75, 3.05) is 18.1 Å². The lowest BCUT2D eigenvalue weighted by atomic mass is 10.1. The minimum absolute atomic E-state index is 0.0753. The number of hydrogen-bond acceptors (Lipinski definition) is 3. The van der Waals surface area contributed by atoms with E-state index in [2.05, 4.69) is 4.98 Å². The van der Waals surface area contributed by atoms with Gasteiger partial charge >= 0.3 is 0 Å². The predicted molar refractivity (Wildman–Crippen MR) is 86.8 cm³/mol. The number of carbonyl (C=O) groups excluding carboxylic acids is 1. The average Bonchev–Trinajstić information content (AvgIpc) is 3.01. The van der Waals surface area contributed by atoms with Crippen molar-refractivity contribution >= 4 is 26.6 Å². The summed E-state index contributed by atoms with van der Waals surface area (Å²) < 4.78 is 23.4. The zero-order valence-electron chi connectivity index (χ0n) is 12.8. The monoisotopic (exact) mass is 320 g/mol. The summed E-state index contributed by atoms with van der Waals surface area (Å²) in [5.41, 5.74) is 2.41. The molecule has 0 bridgehead atoms. The van der Waals surface area contributed by atoms with Crippen LogP contribution in [0.5, 0.6) is 0 Å². The molecule has 2 heterocycles. The molecule has 1 fully saturated rings. The number of benzene rings is 1. The Hall–Kier alpha value is -1.82. The number of amides is 1. The van der Waals surface area contributed by atoms with Gasteiger partial charge in [0.15, 0.2) is 9.84 Å². The first-order valence-corrected chi connectivity index (χ1v) is 9.34. The molecule has 0 radical (unpaired) electrons. The van der Waals surface area contributed by atoms with Crippen LogP contribution in [-0.4, -0.2) is 48.3 Å². The first kappa shape index (κ1) is 15.1. The Bertz CT molecular complexity index is 823. The molecule has 1 atom stereocenters. The van der Waals surface area contributed by atoms with Crippen molar-refractivity contribution < 1.29 is 13.2 Å². The van der Waals surface area contributed by atoms with E-state index in [9.17, 15) is 13.2 Å². The van der Waals surface area contributed by atoms with E-state index in [-0.39, 0.29) is 23.5 Å². The molecule has 1 aromatic heterocycles. The number of nitrogens with one attached hydrogen (secondary N) is 1. The minimum Gasteiger partial charge on any atom is -0.350 e. The third kappa shape index (κ3) is 2.52. The van der Waals surface area contributed by atoms with Gasteiger partial charge in [-0.05, 0) is 31.9 Å². The van der Waals surface area contributed by atoms with Crippen LogP contribution >= 0.6 is 0 Å². The molecule has 1 N–H and O–H groups in total. The van der Waals surface area contributed by atoms with Gasteiger partial charge in [0.2, 0.25) is 0 Å². The number of aromatic amines is 1. The van der Waals surface area contributed by atoms with Crippen molar-refractivity contribution in [2.24, 2.45) is 0 Å². The highest BCUT2D eigenvalue weighted by Crippen LogP contribution is 2.25. The van der Waals surface area contributed by atoms with Gasteiger partial charge in [0, 0.05) is 23.5 Å². The fourth-order valence-corrected chi connectivity index (χ4v) is 4.96. The number of hydrogen-bond donors (Lipinski definition) is 1. The van der Waals surface area contributed by atoms with Gasteiger partial charge in [-0.3, -0.25) is 4.79 Å². The molecule has 5 nitrogen and oxygen atoms in total. The fraction of sp³-hybridized carbons (Fsp3) is 0.438. The summed E-state index contributed by atoms with van der Waals surface area (Å²) >= 11 is 0. The van der Waals surface area contributed by atoms with Gasteiger partial charge in [-0.25, -0.2) is 8.42 Å². The maximum absolute atomic E-state index is 12.9. The van der Waals surface area contributed by atoms with Crippen molar-refractivity contribution in [1.29, 1.82) is 0 Å². The molecule has 1 amide bonds. The Balaban J connectivity index is 1.95. The van der Waals surface area contributed by atoms with Crippen molar-refractivity contribution in [1.82, 2.24) is 9.88 Å². The molecule has 0 spiro atoms. The lowest BCUT2D eigenvalue weighted by molar-refractivity contribution is 0.0702. The van der Waals surface area contributed by atoms with Gasteiger partial charge in [0.1, 0.15) is 5.69 Å². The third-order valence-corrected chi connectivity index (χ3v) is 6.18. The number of para-hydroxylation sites is 1. The molecule has 22 heavy (non-hydrogen) atoms. The molecule has 1 aliphatic rings. The van der Waals surface area contributed by atoms with E-state index < -0.39 is 9.84 Å². The Kier molecular flexibility index (Phi) is 3.72. The first-order chi connectivity index (χ1) is 10.4. The van der Waals surface area contributed by atoms with Gasteiger partial charge in [0.05, 0.1) is 11.5 Å². The molecule has 0 aliphatic carbocycles. The summed E-state index contributed by atoms with van der Waals surface area (Å²) in [6.07, 6.45) is 0.529. The standard InChI is InChI=1S/C16H20N2O3S/c1-3-18(12-8-9-22(20,21)10-12)16(19)15-11(2)13-6-4-5-7-14(13)17-15/h4-7,12,17H,3,8-10H2,1-2H3. The largest absolute Gasteiger partial charge is 0.350 e. The summed E-state index contributed by atoms with van der Waals surface area (Å²) in [4.78, 5) is 17.7. The number of fused-ring (bicyclic) bond motifs is 1. The predicted octanol–water partition coefficient (Wildman–Crippen LogP) is 2.13. The smallest absolute Gasteiger partial charge is 0.270 e. The molecule has 1 saturated heterocycles. The van der Waals surface area contributed by atoms with Gasteiger partial charge < -0.3 is 9.88 Å². The first-order valence-electron chi connectivity index (χ1n) is 7.51. The van der Waals surface area contributed by atoms with Crippen molar-refractivity contribution in [3.8, 4) is 0 Å². The minimum atomic E-state index is -3.01. The van der Waals surface area contributed by atoms with E-state index in [0.29, 0.717) is 18.7 Å². The van der Waals surface area contributed by atoms with E-state index in [4.69, 9.17) is 0 Å². The highest BCUT2D eigenvalue weighted by molar-refractivity contribution is 7.91. The highest BCUT2D eigenvalue weighted by atomic mass is 32.2. The molecule has 3 rings (SSSR count). The number of H-pyrrole nitrogens is 1. The summed E-state index contributed by atoms with van der Waals surface area (Å²) in [7, 11) is -3.01. The number of aromatic nitrogens is 1. The van der Waals surface area contributed by atoms with Gasteiger partial charge in [-0.15, -0.1) is 0 Å². The van der Waals surface area contributed by atoms with E-state index in [0.717, 1.165) is 16.5 Å². The number of sulfone groups is 1. The summed E-state index contributed by atoms with van der Waals surface area (Å²) in [5, 5.41) is 1.03. The lowest BCUT2D eigenvalue weighted by Crippen LogP contribution is -2.41. The Morgan fingerprint density at radius 1 is 1.36 bits per heavy atom. The number of carbonyl (C=O) groups is 1. The van der Waals surface area contributed by atoms with Crippen LogP contribution in [-0.2, 0) is 9.84 Å². The van der Waals surface area contributed by atoms with Crippen molar-refractivity contribution in [3.05, 3.63) is 35.5 Å². The van der Waals surface area contributed by atoms with Gasteiger partial charge in [0.25, 0.3) is 5.91 Å². The molecule has 2 aromatic rings. The number of nitrogens with zero attached hydrogens (tertiary/aromatic N) is 1. The van der Waals surface area contributed by atoms with E-state index in [1.54, 1.807) is 4.90 Å².